The Morgan fingerprint density at radius 1 is 1.11 bits per heavy atom. The van der Waals surface area contributed by atoms with Crippen molar-refractivity contribution < 1.29 is 19.1 Å². The summed E-state index contributed by atoms with van der Waals surface area (Å²) >= 11 is 0. The molecule has 1 aliphatic rings. The molecule has 4 rings (SSSR count). The zero-order chi connectivity index (χ0) is 26.5. The number of rotatable bonds is 9. The van der Waals surface area contributed by atoms with Crippen molar-refractivity contribution in [1.82, 2.24) is 9.88 Å². The molecule has 1 aromatic heterocycles. The fourth-order valence-corrected chi connectivity index (χ4v) is 5.05. The number of benzene rings is 2. The fraction of sp³-hybridized carbons (Fsp3) is 0.414. The number of fused-ring (bicyclic) bond motifs is 1. The van der Waals surface area contributed by atoms with Crippen LogP contribution in [0.4, 0.5) is 10.1 Å². The number of hydrogen-bond donors (Lipinski definition) is 3. The zero-order valence-electron chi connectivity index (χ0n) is 21.3. The molecule has 1 fully saturated rings. The molecule has 3 aromatic rings. The van der Waals surface area contributed by atoms with Crippen LogP contribution in [0.3, 0.4) is 0 Å². The molecule has 196 valence electrons. The van der Waals surface area contributed by atoms with Crippen LogP contribution < -0.4 is 16.1 Å². The van der Waals surface area contributed by atoms with Crippen LogP contribution in [0.1, 0.15) is 86.8 Å². The normalized spacial score (nSPS) is 15.0. The number of carbonyl (C=O) groups is 2. The number of carboxylic acid groups (broad SMARTS) is 1. The van der Waals surface area contributed by atoms with Gasteiger partial charge in [0.25, 0.3) is 5.91 Å². The molecule has 0 bridgehead atoms. The van der Waals surface area contributed by atoms with E-state index in [-0.39, 0.29) is 35.9 Å². The molecule has 8 heteroatoms. The van der Waals surface area contributed by atoms with Crippen LogP contribution in [-0.4, -0.2) is 27.6 Å². The lowest BCUT2D eigenvalue weighted by Gasteiger charge is -2.25. The number of hydrogen-bond acceptors (Lipinski definition) is 4. The Labute approximate surface area is 215 Å². The van der Waals surface area contributed by atoms with E-state index in [0.29, 0.717) is 11.2 Å². The van der Waals surface area contributed by atoms with Gasteiger partial charge < -0.3 is 20.3 Å². The number of aliphatic carboxylic acids is 1. The van der Waals surface area contributed by atoms with Crippen molar-refractivity contribution in [2.75, 3.05) is 5.32 Å². The van der Waals surface area contributed by atoms with Crippen molar-refractivity contribution in [3.63, 3.8) is 0 Å². The third-order valence-electron chi connectivity index (χ3n) is 7.04. The van der Waals surface area contributed by atoms with Gasteiger partial charge in [-0.05, 0) is 50.8 Å². The highest BCUT2D eigenvalue weighted by atomic mass is 19.1. The van der Waals surface area contributed by atoms with E-state index in [9.17, 15) is 14.4 Å². The maximum Gasteiger partial charge on any atom is 0.303 e. The lowest BCUT2D eigenvalue weighted by Crippen LogP contribution is -2.33. The summed E-state index contributed by atoms with van der Waals surface area (Å²) < 4.78 is 17.0. The molecule has 0 radical (unpaired) electrons. The zero-order valence-corrected chi connectivity index (χ0v) is 21.3. The van der Waals surface area contributed by atoms with Crippen molar-refractivity contribution in [1.29, 1.82) is 0 Å². The molecule has 2 aromatic carbocycles. The van der Waals surface area contributed by atoms with E-state index in [1.807, 2.05) is 24.5 Å². The van der Waals surface area contributed by atoms with Crippen LogP contribution in [-0.2, 0) is 4.79 Å². The molecule has 1 atom stereocenters. The Balaban J connectivity index is 1.70. The summed E-state index contributed by atoms with van der Waals surface area (Å²) in [6.45, 7) is 3.87. The predicted octanol–water partition coefficient (Wildman–Crippen LogP) is 5.80. The lowest BCUT2D eigenvalue weighted by molar-refractivity contribution is -0.137. The molecule has 1 heterocycles. The Hall–Kier alpha value is -3.68. The first-order valence-electron chi connectivity index (χ1n) is 13.0. The minimum absolute atomic E-state index is 0.0976. The average Bonchev–Trinajstić information content (AvgIpc) is 2.88. The Bertz CT molecular complexity index is 1330. The van der Waals surface area contributed by atoms with Gasteiger partial charge in [-0.25, -0.2) is 4.39 Å². The van der Waals surface area contributed by atoms with E-state index in [4.69, 9.17) is 5.11 Å². The van der Waals surface area contributed by atoms with Gasteiger partial charge in [0.2, 0.25) is 5.43 Å². The van der Waals surface area contributed by atoms with Crippen LogP contribution in [0.25, 0.3) is 10.9 Å². The summed E-state index contributed by atoms with van der Waals surface area (Å²) in [5.41, 5.74) is 0.999. The quantitative estimate of drug-likeness (QED) is 0.340. The molecule has 1 saturated carbocycles. The van der Waals surface area contributed by atoms with Gasteiger partial charge >= 0.3 is 5.97 Å². The lowest BCUT2D eigenvalue weighted by atomic mass is 9.95. The van der Waals surface area contributed by atoms with Crippen LogP contribution >= 0.6 is 0 Å². The monoisotopic (exact) mass is 507 g/mol. The van der Waals surface area contributed by atoms with E-state index in [1.54, 1.807) is 30.3 Å². The van der Waals surface area contributed by atoms with Gasteiger partial charge in [-0.15, -0.1) is 0 Å². The van der Waals surface area contributed by atoms with Gasteiger partial charge in [0.15, 0.2) is 0 Å². The van der Waals surface area contributed by atoms with Crippen molar-refractivity contribution in [2.45, 2.75) is 76.9 Å². The molecule has 0 aliphatic heterocycles. The van der Waals surface area contributed by atoms with Crippen LogP contribution in [0, 0.1) is 5.82 Å². The first-order chi connectivity index (χ1) is 17.7. The summed E-state index contributed by atoms with van der Waals surface area (Å²) in [4.78, 5) is 38.0. The maximum absolute atomic E-state index is 15.2. The Morgan fingerprint density at radius 3 is 2.46 bits per heavy atom. The van der Waals surface area contributed by atoms with Gasteiger partial charge in [-0.2, -0.15) is 0 Å². The number of halogens is 1. The topological polar surface area (TPSA) is 100 Å². The van der Waals surface area contributed by atoms with Crippen molar-refractivity contribution in [2.24, 2.45) is 0 Å². The van der Waals surface area contributed by atoms with Gasteiger partial charge in [-0.1, -0.05) is 49.6 Å². The number of nitrogens with zero attached hydrogens (tertiary/aromatic N) is 1. The minimum Gasteiger partial charge on any atom is -0.481 e. The smallest absolute Gasteiger partial charge is 0.303 e. The summed E-state index contributed by atoms with van der Waals surface area (Å²) in [6, 6.07) is 11.4. The Kier molecular flexibility index (Phi) is 8.26. The molecule has 0 spiro atoms. The van der Waals surface area contributed by atoms with Crippen LogP contribution in [0.15, 0.2) is 53.5 Å². The molecule has 3 N–H and O–H groups in total. The van der Waals surface area contributed by atoms with Crippen molar-refractivity contribution >= 4 is 28.5 Å². The second-order valence-electron chi connectivity index (χ2n) is 10.1. The molecule has 0 unspecified atom stereocenters. The largest absolute Gasteiger partial charge is 0.481 e. The number of anilines is 1. The summed E-state index contributed by atoms with van der Waals surface area (Å²) in [5, 5.41) is 15.4. The van der Waals surface area contributed by atoms with Crippen LogP contribution in [0.5, 0.6) is 0 Å². The molecular formula is C29H34FN3O4. The Morgan fingerprint density at radius 2 is 1.81 bits per heavy atom. The van der Waals surface area contributed by atoms with E-state index in [0.717, 1.165) is 31.2 Å². The SMILES string of the molecule is CC(C)n1cc(C(=O)N[C@@H](CCC(=O)O)c2ccccc2)c(=O)c2cc(F)c(NC3CCCCC3)cc21. The summed E-state index contributed by atoms with van der Waals surface area (Å²) in [6.07, 6.45) is 6.93. The second kappa shape index (κ2) is 11.6. The molecule has 1 aliphatic carbocycles. The molecule has 1 amide bonds. The number of carbonyl (C=O) groups excluding carboxylic acids is 1. The van der Waals surface area contributed by atoms with Crippen molar-refractivity contribution in [3.8, 4) is 0 Å². The minimum atomic E-state index is -0.976. The van der Waals surface area contributed by atoms with Gasteiger partial charge in [-0.3, -0.25) is 14.4 Å². The first kappa shape index (κ1) is 26.4. The number of amides is 1. The standard InChI is InChI=1S/C29H34FN3O4/c1-18(2)33-17-22(29(37)32-24(13-14-27(34)35)19-9-5-3-6-10-19)28(36)21-15-23(30)25(16-26(21)33)31-20-11-7-4-8-12-20/h3,5-6,9-10,15-18,20,24,31H,4,7-8,11-14H2,1-2H3,(H,32,37)(H,34,35)/t24-/m0/s1. The first-order valence-corrected chi connectivity index (χ1v) is 13.0. The third kappa shape index (κ3) is 6.18. The number of carboxylic acids is 1. The maximum atomic E-state index is 15.2. The number of nitrogens with one attached hydrogen (secondary N) is 2. The highest BCUT2D eigenvalue weighted by Gasteiger charge is 2.23. The second-order valence-corrected chi connectivity index (χ2v) is 10.1. The number of aromatic nitrogens is 1. The highest BCUT2D eigenvalue weighted by molar-refractivity contribution is 5.98. The third-order valence-corrected chi connectivity index (χ3v) is 7.04. The molecular weight excluding hydrogens is 473 g/mol. The summed E-state index contributed by atoms with van der Waals surface area (Å²) in [5.74, 6) is -2.12. The van der Waals surface area contributed by atoms with E-state index in [2.05, 4.69) is 10.6 Å². The molecule has 0 saturated heterocycles. The summed E-state index contributed by atoms with van der Waals surface area (Å²) in [7, 11) is 0. The molecule has 37 heavy (non-hydrogen) atoms. The molecule has 7 nitrogen and oxygen atoms in total. The van der Waals surface area contributed by atoms with Gasteiger partial charge in [0.05, 0.1) is 17.2 Å². The predicted molar refractivity (Wildman–Crippen MR) is 143 cm³/mol. The fourth-order valence-electron chi connectivity index (χ4n) is 5.05. The van der Waals surface area contributed by atoms with Crippen LogP contribution in [0.2, 0.25) is 0 Å². The highest BCUT2D eigenvalue weighted by Crippen LogP contribution is 2.28. The van der Waals surface area contributed by atoms with E-state index < -0.39 is 29.2 Å². The van der Waals surface area contributed by atoms with E-state index >= 15 is 4.39 Å². The van der Waals surface area contributed by atoms with E-state index in [1.165, 1.54) is 18.7 Å². The average molecular weight is 508 g/mol. The van der Waals surface area contributed by atoms with Crippen molar-refractivity contribution in [3.05, 3.63) is 75.8 Å². The number of pyridine rings is 1. The van der Waals surface area contributed by atoms with Gasteiger partial charge in [0.1, 0.15) is 11.4 Å². The van der Waals surface area contributed by atoms with Gasteiger partial charge in [0, 0.05) is 30.1 Å².